The molecule has 148 valence electrons. The first-order valence-electron chi connectivity index (χ1n) is 9.48. The van der Waals surface area contributed by atoms with Crippen molar-refractivity contribution >= 4 is 39.1 Å². The number of benzene rings is 3. The summed E-state index contributed by atoms with van der Waals surface area (Å²) in [6.07, 6.45) is 7.44. The van der Waals surface area contributed by atoms with Crippen LogP contribution in [-0.2, 0) is 22.9 Å². The van der Waals surface area contributed by atoms with E-state index in [2.05, 4.69) is 59.5 Å². The van der Waals surface area contributed by atoms with Crippen LogP contribution in [0.1, 0.15) is 27.8 Å². The molecule has 0 saturated heterocycles. The summed E-state index contributed by atoms with van der Waals surface area (Å²) < 4.78 is 25.8. The van der Waals surface area contributed by atoms with Crippen molar-refractivity contribution in [3.63, 3.8) is 0 Å². The quantitative estimate of drug-likeness (QED) is 0.569. The van der Waals surface area contributed by atoms with Gasteiger partial charge in [0.05, 0.1) is 6.26 Å². The molecule has 0 fully saturated rings. The SMILES string of the molecule is CSc1ccc2c(c1)/C(=C\c1cccc(NS(C)(=O)=O)c1)c1ccccc1CC2. The molecule has 1 N–H and O–H groups in total. The summed E-state index contributed by atoms with van der Waals surface area (Å²) >= 11 is 1.74. The van der Waals surface area contributed by atoms with Crippen LogP contribution in [0, 0.1) is 0 Å². The van der Waals surface area contributed by atoms with Gasteiger partial charge < -0.3 is 0 Å². The Balaban J connectivity index is 1.89. The molecule has 0 bridgehead atoms. The minimum absolute atomic E-state index is 0.571. The summed E-state index contributed by atoms with van der Waals surface area (Å²) in [7, 11) is -3.31. The highest BCUT2D eigenvalue weighted by Gasteiger charge is 2.18. The monoisotopic (exact) mass is 421 g/mol. The smallest absolute Gasteiger partial charge is 0.229 e. The van der Waals surface area contributed by atoms with Gasteiger partial charge in [-0.05, 0) is 82.8 Å². The van der Waals surface area contributed by atoms with Crippen molar-refractivity contribution in [3.8, 4) is 0 Å². The lowest BCUT2D eigenvalue weighted by Crippen LogP contribution is -2.09. The first-order valence-corrected chi connectivity index (χ1v) is 12.6. The fourth-order valence-electron chi connectivity index (χ4n) is 3.79. The first kappa shape index (κ1) is 19.8. The van der Waals surface area contributed by atoms with Gasteiger partial charge in [-0.1, -0.05) is 42.5 Å². The predicted molar refractivity (Wildman–Crippen MR) is 124 cm³/mol. The molecule has 3 aromatic rings. The molecule has 29 heavy (non-hydrogen) atoms. The number of fused-ring (bicyclic) bond motifs is 2. The molecule has 0 radical (unpaired) electrons. The highest BCUT2D eigenvalue weighted by molar-refractivity contribution is 7.98. The second-order valence-electron chi connectivity index (χ2n) is 7.24. The molecule has 5 heteroatoms. The number of anilines is 1. The minimum Gasteiger partial charge on any atom is -0.284 e. The van der Waals surface area contributed by atoms with E-state index in [1.54, 1.807) is 17.8 Å². The van der Waals surface area contributed by atoms with Crippen LogP contribution in [0.4, 0.5) is 5.69 Å². The van der Waals surface area contributed by atoms with E-state index in [9.17, 15) is 8.42 Å². The zero-order chi connectivity index (χ0) is 20.4. The number of hydrogen-bond donors (Lipinski definition) is 1. The lowest BCUT2D eigenvalue weighted by Gasteiger charge is -2.14. The molecule has 3 nitrogen and oxygen atoms in total. The lowest BCUT2D eigenvalue weighted by molar-refractivity contribution is 0.607. The van der Waals surface area contributed by atoms with Crippen molar-refractivity contribution < 1.29 is 8.42 Å². The molecule has 4 rings (SSSR count). The molecule has 3 aromatic carbocycles. The average Bonchev–Trinajstić information content (AvgIpc) is 2.84. The van der Waals surface area contributed by atoms with E-state index in [-0.39, 0.29) is 0 Å². The van der Waals surface area contributed by atoms with Gasteiger partial charge in [0.15, 0.2) is 0 Å². The van der Waals surface area contributed by atoms with Crippen molar-refractivity contribution in [1.29, 1.82) is 0 Å². The van der Waals surface area contributed by atoms with Crippen LogP contribution < -0.4 is 4.72 Å². The van der Waals surface area contributed by atoms with Crippen LogP contribution in [0.25, 0.3) is 11.6 Å². The Kier molecular flexibility index (Phi) is 5.52. The molecule has 1 aliphatic rings. The highest BCUT2D eigenvalue weighted by atomic mass is 32.2. The summed E-state index contributed by atoms with van der Waals surface area (Å²) in [5, 5.41) is 0. The predicted octanol–water partition coefficient (Wildman–Crippen LogP) is 5.47. The van der Waals surface area contributed by atoms with Crippen LogP contribution in [0.3, 0.4) is 0 Å². The average molecular weight is 422 g/mol. The number of aryl methyl sites for hydroxylation is 2. The van der Waals surface area contributed by atoms with Gasteiger partial charge in [0.2, 0.25) is 10.0 Å². The van der Waals surface area contributed by atoms with Crippen molar-refractivity contribution in [2.45, 2.75) is 17.7 Å². The molecule has 0 aromatic heterocycles. The third-order valence-corrected chi connectivity index (χ3v) is 6.41. The van der Waals surface area contributed by atoms with Gasteiger partial charge in [0.1, 0.15) is 0 Å². The van der Waals surface area contributed by atoms with Gasteiger partial charge in [0, 0.05) is 10.6 Å². The van der Waals surface area contributed by atoms with E-state index in [1.165, 1.54) is 39.0 Å². The van der Waals surface area contributed by atoms with Gasteiger partial charge in [-0.3, -0.25) is 4.72 Å². The third kappa shape index (κ3) is 4.57. The maximum absolute atomic E-state index is 11.6. The Bertz CT molecular complexity index is 1200. The lowest BCUT2D eigenvalue weighted by atomic mass is 9.92. The van der Waals surface area contributed by atoms with Crippen molar-refractivity contribution in [3.05, 3.63) is 94.5 Å². The summed E-state index contributed by atoms with van der Waals surface area (Å²) in [5.74, 6) is 0. The molecule has 0 saturated carbocycles. The maximum atomic E-state index is 11.6. The number of thioether (sulfide) groups is 1. The topological polar surface area (TPSA) is 46.2 Å². The second kappa shape index (κ2) is 8.09. The number of nitrogens with one attached hydrogen (secondary N) is 1. The number of sulfonamides is 1. The van der Waals surface area contributed by atoms with E-state index < -0.39 is 10.0 Å². The molecule has 0 spiro atoms. The summed E-state index contributed by atoms with van der Waals surface area (Å²) in [6.45, 7) is 0. The normalized spacial score (nSPS) is 14.8. The van der Waals surface area contributed by atoms with Crippen molar-refractivity contribution in [2.75, 3.05) is 17.2 Å². The standard InChI is InChI=1S/C24H23NO2S2/c1-28-21-13-12-19-11-10-18-7-3-4-9-22(18)24(23(19)16-21)15-17-6-5-8-20(14-17)25-29(2,26)27/h3-9,12-16,25H,10-11H2,1-2H3/b24-15-. The van der Waals surface area contributed by atoms with Gasteiger partial charge in [-0.25, -0.2) is 8.42 Å². The van der Waals surface area contributed by atoms with Crippen molar-refractivity contribution in [1.82, 2.24) is 0 Å². The van der Waals surface area contributed by atoms with E-state index in [1.807, 2.05) is 18.2 Å². The number of hydrogen-bond acceptors (Lipinski definition) is 3. The molecule has 0 unspecified atom stereocenters. The van der Waals surface area contributed by atoms with Crippen LogP contribution in [0.5, 0.6) is 0 Å². The van der Waals surface area contributed by atoms with Crippen LogP contribution in [-0.4, -0.2) is 20.9 Å². The van der Waals surface area contributed by atoms with Crippen LogP contribution in [0.15, 0.2) is 71.6 Å². The Morgan fingerprint density at radius 2 is 1.66 bits per heavy atom. The maximum Gasteiger partial charge on any atom is 0.229 e. The fourth-order valence-corrected chi connectivity index (χ4v) is 4.79. The molecule has 0 atom stereocenters. The Labute approximate surface area is 176 Å². The highest BCUT2D eigenvalue weighted by Crippen LogP contribution is 2.36. The zero-order valence-corrected chi connectivity index (χ0v) is 18.1. The second-order valence-corrected chi connectivity index (χ2v) is 9.87. The Morgan fingerprint density at radius 1 is 0.897 bits per heavy atom. The van der Waals surface area contributed by atoms with Crippen LogP contribution in [0.2, 0.25) is 0 Å². The summed E-state index contributed by atoms with van der Waals surface area (Å²) in [4.78, 5) is 1.24. The molecular weight excluding hydrogens is 398 g/mol. The molecule has 1 aliphatic carbocycles. The third-order valence-electron chi connectivity index (χ3n) is 5.08. The Morgan fingerprint density at radius 3 is 2.41 bits per heavy atom. The zero-order valence-electron chi connectivity index (χ0n) is 16.5. The first-order chi connectivity index (χ1) is 13.9. The van der Waals surface area contributed by atoms with Gasteiger partial charge in [-0.15, -0.1) is 11.8 Å². The van der Waals surface area contributed by atoms with E-state index in [4.69, 9.17) is 0 Å². The molecular formula is C24H23NO2S2. The number of rotatable bonds is 4. The summed E-state index contributed by atoms with van der Waals surface area (Å²) in [6, 6.07) is 22.8. The molecule has 0 aliphatic heterocycles. The van der Waals surface area contributed by atoms with Gasteiger partial charge >= 0.3 is 0 Å². The molecule has 0 amide bonds. The fraction of sp³-hybridized carbons (Fsp3) is 0.167. The summed E-state index contributed by atoms with van der Waals surface area (Å²) in [5.41, 5.74) is 7.89. The largest absolute Gasteiger partial charge is 0.284 e. The molecule has 0 heterocycles. The Hall–Kier alpha value is -2.50. The van der Waals surface area contributed by atoms with Crippen LogP contribution >= 0.6 is 11.8 Å². The van der Waals surface area contributed by atoms with Gasteiger partial charge in [0.25, 0.3) is 0 Å². The van der Waals surface area contributed by atoms with Gasteiger partial charge in [-0.2, -0.15) is 0 Å². The van der Waals surface area contributed by atoms with E-state index >= 15 is 0 Å². The minimum atomic E-state index is -3.31. The van der Waals surface area contributed by atoms with Crippen molar-refractivity contribution in [2.24, 2.45) is 0 Å². The van der Waals surface area contributed by atoms with E-state index in [0.717, 1.165) is 18.4 Å². The van der Waals surface area contributed by atoms with E-state index in [0.29, 0.717) is 5.69 Å².